The first-order valence-electron chi connectivity index (χ1n) is 16.5. The Morgan fingerprint density at radius 2 is 1.64 bits per heavy atom. The number of aromatic nitrogens is 2. The van der Waals surface area contributed by atoms with Crippen molar-refractivity contribution in [2.45, 2.75) is 77.4 Å². The van der Waals surface area contributed by atoms with E-state index in [1.54, 1.807) is 11.8 Å². The Labute approximate surface area is 259 Å². The van der Waals surface area contributed by atoms with Crippen molar-refractivity contribution in [2.75, 3.05) is 43.5 Å². The minimum absolute atomic E-state index is 0.162. The van der Waals surface area contributed by atoms with Crippen molar-refractivity contribution in [3.8, 4) is 5.88 Å². The number of carbonyl (C=O) groups is 2. The first kappa shape index (κ1) is 29.2. The maximum atomic E-state index is 13.2. The van der Waals surface area contributed by atoms with Crippen LogP contribution in [-0.4, -0.2) is 65.8 Å². The highest BCUT2D eigenvalue weighted by Crippen LogP contribution is 2.60. The summed E-state index contributed by atoms with van der Waals surface area (Å²) in [4.78, 5) is 39.0. The summed E-state index contributed by atoms with van der Waals surface area (Å²) < 4.78 is 17.4. The van der Waals surface area contributed by atoms with E-state index < -0.39 is 12.1 Å². The molecule has 4 bridgehead atoms. The van der Waals surface area contributed by atoms with Crippen LogP contribution in [0.25, 0.3) is 0 Å². The number of esters is 1. The third-order valence-electron chi connectivity index (χ3n) is 11.1. The average Bonchev–Trinajstić information content (AvgIpc) is 3.38. The van der Waals surface area contributed by atoms with Crippen molar-refractivity contribution in [1.29, 1.82) is 0 Å². The number of benzene rings is 1. The van der Waals surface area contributed by atoms with Crippen LogP contribution in [0.4, 0.5) is 16.6 Å². The highest BCUT2D eigenvalue weighted by atomic mass is 16.6. The fourth-order valence-electron chi connectivity index (χ4n) is 9.43. The summed E-state index contributed by atoms with van der Waals surface area (Å²) in [6.45, 7) is 4.85. The molecular weight excluding hydrogens is 558 g/mol. The average molecular weight is 604 g/mol. The predicted octanol–water partition coefficient (Wildman–Crippen LogP) is 5.21. The first-order valence-corrected chi connectivity index (χ1v) is 16.5. The number of ether oxygens (including phenoxy) is 3. The van der Waals surface area contributed by atoms with Crippen molar-refractivity contribution in [1.82, 2.24) is 14.9 Å². The van der Waals surface area contributed by atoms with Gasteiger partial charge in [-0.25, -0.2) is 9.59 Å². The molecule has 1 atom stereocenters. The SMILES string of the molecule is CCOC(=O)C1CC2(CCN(c3cc(OCC45CC6CC(CC(C6)C4)C5)nc(N)n3)CC2)CN1C(=O)OCc1ccccc1. The number of likely N-dealkylation sites (tertiary alicyclic amines) is 1. The van der Waals surface area contributed by atoms with Gasteiger partial charge in [0, 0.05) is 31.1 Å². The summed E-state index contributed by atoms with van der Waals surface area (Å²) >= 11 is 0. The predicted molar refractivity (Wildman–Crippen MR) is 165 cm³/mol. The normalized spacial score (nSPS) is 30.0. The van der Waals surface area contributed by atoms with Crippen LogP contribution in [0.5, 0.6) is 5.88 Å². The first-order chi connectivity index (χ1) is 21.3. The van der Waals surface area contributed by atoms with Crippen LogP contribution in [0.15, 0.2) is 36.4 Å². The Morgan fingerprint density at radius 3 is 2.30 bits per heavy atom. The molecule has 44 heavy (non-hydrogen) atoms. The third kappa shape index (κ3) is 5.92. The van der Waals surface area contributed by atoms with E-state index in [9.17, 15) is 9.59 Å². The Kier molecular flexibility index (Phi) is 7.79. The van der Waals surface area contributed by atoms with Crippen molar-refractivity contribution < 1.29 is 23.8 Å². The summed E-state index contributed by atoms with van der Waals surface area (Å²) in [5.74, 6) is 3.80. The monoisotopic (exact) mass is 603 g/mol. The van der Waals surface area contributed by atoms with Crippen LogP contribution in [-0.2, 0) is 20.9 Å². The number of amides is 1. The molecule has 10 heteroatoms. The zero-order chi connectivity index (χ0) is 30.3. The molecule has 2 saturated heterocycles. The van der Waals surface area contributed by atoms with Crippen LogP contribution < -0.4 is 15.4 Å². The van der Waals surface area contributed by atoms with E-state index in [0.29, 0.717) is 25.5 Å². The molecule has 2 aromatic rings. The number of carbonyl (C=O) groups excluding carboxylic acids is 2. The van der Waals surface area contributed by atoms with Gasteiger partial charge in [0.2, 0.25) is 11.8 Å². The lowest BCUT2D eigenvalue weighted by molar-refractivity contribution is -0.148. The van der Waals surface area contributed by atoms with Crippen LogP contribution in [0.2, 0.25) is 0 Å². The van der Waals surface area contributed by atoms with E-state index in [4.69, 9.17) is 19.9 Å². The number of rotatable bonds is 8. The highest BCUT2D eigenvalue weighted by molar-refractivity contribution is 5.82. The summed E-state index contributed by atoms with van der Waals surface area (Å²) in [6.07, 6.45) is 9.77. The lowest BCUT2D eigenvalue weighted by Crippen LogP contribution is -2.48. The molecule has 6 fully saturated rings. The Morgan fingerprint density at radius 1 is 0.955 bits per heavy atom. The van der Waals surface area contributed by atoms with Gasteiger partial charge in [-0.05, 0) is 93.4 Å². The second kappa shape index (κ2) is 11.7. The van der Waals surface area contributed by atoms with Crippen LogP contribution >= 0.6 is 0 Å². The van der Waals surface area contributed by atoms with E-state index in [2.05, 4.69) is 14.9 Å². The van der Waals surface area contributed by atoms with Gasteiger partial charge in [0.25, 0.3) is 0 Å². The fraction of sp³-hybridized carbons (Fsp3) is 0.647. The maximum Gasteiger partial charge on any atom is 0.410 e. The van der Waals surface area contributed by atoms with E-state index in [1.165, 1.54) is 38.5 Å². The van der Waals surface area contributed by atoms with Crippen LogP contribution in [0.3, 0.4) is 0 Å². The second-order valence-corrected chi connectivity index (χ2v) is 14.3. The van der Waals surface area contributed by atoms with Gasteiger partial charge in [-0.15, -0.1) is 0 Å². The molecule has 4 aliphatic carbocycles. The molecule has 2 N–H and O–H groups in total. The molecule has 1 aromatic heterocycles. The number of nitrogens with zero attached hydrogens (tertiary/aromatic N) is 4. The summed E-state index contributed by atoms with van der Waals surface area (Å²) in [5, 5.41) is 0. The minimum atomic E-state index is -0.649. The maximum absolute atomic E-state index is 13.2. The van der Waals surface area contributed by atoms with E-state index in [-0.39, 0.29) is 36.0 Å². The van der Waals surface area contributed by atoms with Crippen molar-refractivity contribution in [3.05, 3.63) is 42.0 Å². The number of piperidine rings is 1. The van der Waals surface area contributed by atoms with Gasteiger partial charge < -0.3 is 24.8 Å². The van der Waals surface area contributed by atoms with E-state index >= 15 is 0 Å². The number of anilines is 2. The molecule has 1 amide bonds. The van der Waals surface area contributed by atoms with E-state index in [0.717, 1.165) is 55.1 Å². The molecule has 8 rings (SSSR count). The zero-order valence-electron chi connectivity index (χ0n) is 25.8. The Hall–Kier alpha value is -3.56. The number of nitrogen functional groups attached to an aromatic ring is 1. The molecule has 1 unspecified atom stereocenters. The number of hydrogen-bond donors (Lipinski definition) is 1. The van der Waals surface area contributed by atoms with Gasteiger partial charge in [-0.3, -0.25) is 4.90 Å². The Balaban J connectivity index is 0.991. The summed E-state index contributed by atoms with van der Waals surface area (Å²) in [6, 6.07) is 10.8. The highest BCUT2D eigenvalue weighted by Gasteiger charge is 2.52. The molecule has 1 aromatic carbocycles. The Bertz CT molecular complexity index is 1330. The lowest BCUT2D eigenvalue weighted by Gasteiger charge is -2.56. The van der Waals surface area contributed by atoms with Crippen molar-refractivity contribution >= 4 is 23.8 Å². The topological polar surface area (TPSA) is 120 Å². The van der Waals surface area contributed by atoms with Gasteiger partial charge >= 0.3 is 12.1 Å². The molecule has 236 valence electrons. The van der Waals surface area contributed by atoms with Crippen LogP contribution in [0, 0.1) is 28.6 Å². The minimum Gasteiger partial charge on any atom is -0.477 e. The standard InChI is InChI=1S/C34H45N5O5/c1-2-42-30(40)27-19-33(21-39(27)32(41)43-20-23-6-4-3-5-7-23)8-10-38(11-9-33)28-15-29(37-31(35)36-28)44-22-34-16-24-12-25(17-34)14-26(13-24)18-34/h3-7,15,24-27H,2,8-14,16-22H2,1H3,(H2,35,36,37). The van der Waals surface area contributed by atoms with E-state index in [1.807, 2.05) is 36.4 Å². The molecule has 10 nitrogen and oxygen atoms in total. The second-order valence-electron chi connectivity index (χ2n) is 14.3. The summed E-state index contributed by atoms with van der Waals surface area (Å²) in [7, 11) is 0. The number of hydrogen-bond acceptors (Lipinski definition) is 9. The fourth-order valence-corrected chi connectivity index (χ4v) is 9.43. The van der Waals surface area contributed by atoms with Gasteiger partial charge in [0.1, 0.15) is 18.5 Å². The molecule has 3 heterocycles. The summed E-state index contributed by atoms with van der Waals surface area (Å²) in [5.41, 5.74) is 7.18. The van der Waals surface area contributed by atoms with Crippen LogP contribution in [0.1, 0.15) is 70.3 Å². The lowest BCUT2D eigenvalue weighted by atomic mass is 9.50. The third-order valence-corrected chi connectivity index (χ3v) is 11.1. The molecule has 4 saturated carbocycles. The molecule has 0 radical (unpaired) electrons. The largest absolute Gasteiger partial charge is 0.477 e. The molecule has 1 spiro atoms. The molecule has 2 aliphatic heterocycles. The molecule has 6 aliphatic rings. The van der Waals surface area contributed by atoms with Gasteiger partial charge in [0.15, 0.2) is 0 Å². The number of nitrogens with two attached hydrogens (primary N) is 1. The van der Waals surface area contributed by atoms with Gasteiger partial charge in [-0.2, -0.15) is 9.97 Å². The van der Waals surface area contributed by atoms with Crippen molar-refractivity contribution in [2.24, 2.45) is 28.6 Å². The van der Waals surface area contributed by atoms with Gasteiger partial charge in [-0.1, -0.05) is 30.3 Å². The molecular formula is C34H45N5O5. The van der Waals surface area contributed by atoms with Crippen molar-refractivity contribution in [3.63, 3.8) is 0 Å². The quantitative estimate of drug-likeness (QED) is 0.405. The smallest absolute Gasteiger partial charge is 0.410 e. The zero-order valence-corrected chi connectivity index (χ0v) is 25.8. The van der Waals surface area contributed by atoms with Gasteiger partial charge in [0.05, 0.1) is 13.2 Å².